The number of fused-ring (bicyclic) bond motifs is 4. The van der Waals surface area contributed by atoms with E-state index < -0.39 is 0 Å². The number of nitrogens with zero attached hydrogens (tertiary/aromatic N) is 5. The quantitative estimate of drug-likeness (QED) is 0.380. The van der Waals surface area contributed by atoms with Gasteiger partial charge in [-0.05, 0) is 12.1 Å². The molecule has 0 saturated carbocycles. The maximum atomic E-state index is 14.6. The zero-order chi connectivity index (χ0) is 23.4. The highest BCUT2D eigenvalue weighted by Gasteiger charge is 2.26. The molecule has 5 heterocycles. The minimum absolute atomic E-state index is 0.255. The van der Waals surface area contributed by atoms with Crippen LogP contribution < -0.4 is 15.4 Å². The molecule has 10 heteroatoms. The van der Waals surface area contributed by atoms with Gasteiger partial charge in [0.05, 0.1) is 35.0 Å². The largest absolute Gasteiger partial charge is 0.467 e. The number of hydrogen-bond donors (Lipinski definition) is 3. The van der Waals surface area contributed by atoms with Crippen molar-refractivity contribution in [3.63, 3.8) is 0 Å². The highest BCUT2D eigenvalue weighted by Crippen LogP contribution is 2.40. The van der Waals surface area contributed by atoms with Gasteiger partial charge in [0.2, 0.25) is 0 Å². The van der Waals surface area contributed by atoms with Crippen LogP contribution in [-0.4, -0.2) is 38.7 Å². The number of nitriles is 1. The number of nitrogens with one attached hydrogen (secondary N) is 3. The Morgan fingerprint density at radius 1 is 1.18 bits per heavy atom. The minimum atomic E-state index is -0.362. The lowest BCUT2D eigenvalue weighted by molar-refractivity contribution is 0.380. The van der Waals surface area contributed by atoms with E-state index in [0.29, 0.717) is 35.4 Å². The van der Waals surface area contributed by atoms with Gasteiger partial charge in [0.25, 0.3) is 0 Å². The van der Waals surface area contributed by atoms with Crippen molar-refractivity contribution in [1.29, 1.82) is 5.26 Å². The molecule has 34 heavy (non-hydrogen) atoms. The Hall–Kier alpha value is -4.49. The summed E-state index contributed by atoms with van der Waals surface area (Å²) < 4.78 is 21.8. The summed E-state index contributed by atoms with van der Waals surface area (Å²) in [4.78, 5) is 16.5. The maximum absolute atomic E-state index is 14.6. The van der Waals surface area contributed by atoms with Gasteiger partial charge in [0.15, 0.2) is 0 Å². The monoisotopic (exact) mass is 454 g/mol. The molecule has 0 fully saturated rings. The normalized spacial score (nSPS) is 12.8. The van der Waals surface area contributed by atoms with Gasteiger partial charge in [-0.2, -0.15) is 5.26 Å². The molecule has 168 valence electrons. The SMILES string of the molecule is CNc1cc(F)cc2c1[nH]c1ncc(-c3cnc(OC)nc3)c(-n3cc(C#N)c4c3CNC4)c12. The van der Waals surface area contributed by atoms with Crippen LogP contribution in [0.4, 0.5) is 10.1 Å². The summed E-state index contributed by atoms with van der Waals surface area (Å²) in [6.45, 7) is 1.23. The lowest BCUT2D eigenvalue weighted by Crippen LogP contribution is -2.07. The van der Waals surface area contributed by atoms with Crippen LogP contribution in [0.2, 0.25) is 0 Å². The molecule has 6 rings (SSSR count). The van der Waals surface area contributed by atoms with Gasteiger partial charge >= 0.3 is 6.01 Å². The summed E-state index contributed by atoms with van der Waals surface area (Å²) in [7, 11) is 3.26. The number of benzene rings is 1. The molecule has 1 aliphatic heterocycles. The molecule has 0 bridgehead atoms. The lowest BCUT2D eigenvalue weighted by atomic mass is 10.0. The summed E-state index contributed by atoms with van der Waals surface area (Å²) in [5.41, 5.74) is 6.78. The van der Waals surface area contributed by atoms with E-state index in [1.165, 1.54) is 19.2 Å². The van der Waals surface area contributed by atoms with Crippen LogP contribution in [0.25, 0.3) is 38.8 Å². The summed E-state index contributed by atoms with van der Waals surface area (Å²) in [5.74, 6) is -0.362. The van der Waals surface area contributed by atoms with Gasteiger partial charge in [-0.15, -0.1) is 0 Å². The van der Waals surface area contributed by atoms with E-state index in [0.717, 1.165) is 39.0 Å². The highest BCUT2D eigenvalue weighted by molar-refractivity contribution is 6.15. The second kappa shape index (κ2) is 7.54. The molecule has 4 aromatic heterocycles. The fourth-order valence-electron chi connectivity index (χ4n) is 4.70. The van der Waals surface area contributed by atoms with Crippen molar-refractivity contribution in [2.24, 2.45) is 0 Å². The van der Waals surface area contributed by atoms with Crippen molar-refractivity contribution in [2.75, 3.05) is 19.5 Å². The number of hydrogen-bond acceptors (Lipinski definition) is 7. The number of ether oxygens (including phenoxy) is 1. The third-order valence-electron chi connectivity index (χ3n) is 6.24. The van der Waals surface area contributed by atoms with E-state index in [4.69, 9.17) is 4.74 Å². The molecule has 0 amide bonds. The Morgan fingerprint density at radius 2 is 2.00 bits per heavy atom. The number of pyridine rings is 1. The molecule has 0 spiro atoms. The molecular weight excluding hydrogens is 435 g/mol. The molecule has 1 aromatic carbocycles. The first kappa shape index (κ1) is 20.1. The fraction of sp³-hybridized carbons (Fsp3) is 0.167. The van der Waals surface area contributed by atoms with Gasteiger partial charge in [0.1, 0.15) is 17.5 Å². The van der Waals surface area contributed by atoms with Crippen LogP contribution in [0.15, 0.2) is 36.9 Å². The Balaban J connectivity index is 1.76. The van der Waals surface area contributed by atoms with Gasteiger partial charge in [-0.25, -0.2) is 19.3 Å². The summed E-state index contributed by atoms with van der Waals surface area (Å²) >= 11 is 0. The van der Waals surface area contributed by atoms with Crippen LogP contribution in [0.1, 0.15) is 16.8 Å². The first-order valence-corrected chi connectivity index (χ1v) is 10.6. The molecule has 9 nitrogen and oxygen atoms in total. The zero-order valence-corrected chi connectivity index (χ0v) is 18.4. The minimum Gasteiger partial charge on any atom is -0.467 e. The molecule has 3 N–H and O–H groups in total. The molecule has 0 aliphatic carbocycles. The average Bonchev–Trinajstić information content (AvgIpc) is 3.57. The fourth-order valence-corrected chi connectivity index (χ4v) is 4.70. The second-order valence-electron chi connectivity index (χ2n) is 8.01. The topological polar surface area (TPSA) is 116 Å². The molecule has 5 aromatic rings. The van der Waals surface area contributed by atoms with Crippen LogP contribution >= 0.6 is 0 Å². The van der Waals surface area contributed by atoms with Crippen LogP contribution in [0.5, 0.6) is 6.01 Å². The van der Waals surface area contributed by atoms with E-state index in [1.807, 2.05) is 10.8 Å². The van der Waals surface area contributed by atoms with Crippen molar-refractivity contribution in [3.05, 3.63) is 59.6 Å². The van der Waals surface area contributed by atoms with Gasteiger partial charge in [0, 0.05) is 72.7 Å². The number of rotatable bonds is 4. The Kier molecular flexibility index (Phi) is 4.46. The summed E-state index contributed by atoms with van der Waals surface area (Å²) in [6.07, 6.45) is 6.92. The van der Waals surface area contributed by atoms with Gasteiger partial charge < -0.3 is 24.9 Å². The van der Waals surface area contributed by atoms with Crippen molar-refractivity contribution < 1.29 is 9.13 Å². The first-order chi connectivity index (χ1) is 16.6. The first-order valence-electron chi connectivity index (χ1n) is 10.6. The Labute approximate surface area is 193 Å². The second-order valence-corrected chi connectivity index (χ2v) is 8.01. The van der Waals surface area contributed by atoms with E-state index in [2.05, 4.69) is 36.6 Å². The molecule has 0 atom stereocenters. The van der Waals surface area contributed by atoms with Crippen LogP contribution in [0.3, 0.4) is 0 Å². The van der Waals surface area contributed by atoms with Crippen molar-refractivity contribution in [3.8, 4) is 28.9 Å². The Bertz CT molecular complexity index is 1630. The van der Waals surface area contributed by atoms with E-state index in [1.54, 1.807) is 25.6 Å². The number of aromatic amines is 1. The van der Waals surface area contributed by atoms with Crippen molar-refractivity contribution in [1.82, 2.24) is 29.8 Å². The predicted octanol–water partition coefficient (Wildman–Crippen LogP) is 3.63. The molecule has 0 unspecified atom stereocenters. The smallest absolute Gasteiger partial charge is 0.316 e. The number of H-pyrrole nitrogens is 1. The lowest BCUT2D eigenvalue weighted by Gasteiger charge is -2.15. The average molecular weight is 454 g/mol. The van der Waals surface area contributed by atoms with Gasteiger partial charge in [-0.1, -0.05) is 0 Å². The van der Waals surface area contributed by atoms with Gasteiger partial charge in [-0.3, -0.25) is 0 Å². The molecule has 1 aliphatic rings. The Morgan fingerprint density at radius 3 is 2.74 bits per heavy atom. The molecular formula is C24H19FN8O. The van der Waals surface area contributed by atoms with Crippen molar-refractivity contribution in [2.45, 2.75) is 13.1 Å². The van der Waals surface area contributed by atoms with E-state index in [-0.39, 0.29) is 11.8 Å². The number of aromatic nitrogens is 5. The summed E-state index contributed by atoms with van der Waals surface area (Å²) in [6, 6.07) is 5.50. The number of anilines is 1. The zero-order valence-electron chi connectivity index (χ0n) is 18.4. The van der Waals surface area contributed by atoms with Crippen molar-refractivity contribution >= 4 is 27.6 Å². The maximum Gasteiger partial charge on any atom is 0.316 e. The number of halogens is 1. The standard InChI is InChI=1S/C24H19FN8O/c1-27-18-4-14(25)3-15-20-22(33-11-12(5-26)16-8-28-10-19(16)33)17(9-29-23(20)32-21(15)18)13-6-30-24(34-2)31-7-13/h3-4,6-7,9,11,27-28H,8,10H2,1-2H3,(H,29,32). The predicted molar refractivity (Wildman–Crippen MR) is 125 cm³/mol. The van der Waals surface area contributed by atoms with Crippen LogP contribution in [-0.2, 0) is 13.1 Å². The summed E-state index contributed by atoms with van der Waals surface area (Å²) in [5, 5.41) is 17.6. The number of methoxy groups -OCH3 is 1. The highest BCUT2D eigenvalue weighted by atomic mass is 19.1. The molecule has 0 saturated heterocycles. The third-order valence-corrected chi connectivity index (χ3v) is 6.24. The van der Waals surface area contributed by atoms with Crippen LogP contribution in [0, 0.1) is 17.1 Å². The third kappa shape index (κ3) is 2.84. The van der Waals surface area contributed by atoms with E-state index in [9.17, 15) is 9.65 Å². The van der Waals surface area contributed by atoms with E-state index >= 15 is 0 Å². The molecule has 0 radical (unpaired) electrons.